The van der Waals surface area contributed by atoms with Crippen molar-refractivity contribution in [3.8, 4) is 0 Å². The van der Waals surface area contributed by atoms with Crippen LogP contribution in [-0.4, -0.2) is 23.2 Å². The fraction of sp³-hybridized carbons (Fsp3) is 0.615. The first-order valence-electron chi connectivity index (χ1n) is 6.31. The summed E-state index contributed by atoms with van der Waals surface area (Å²) < 4.78 is 14.2. The summed E-state index contributed by atoms with van der Waals surface area (Å²) in [5.74, 6) is -0.107. The second kappa shape index (κ2) is 5.97. The lowest BCUT2D eigenvalue weighted by Crippen LogP contribution is -2.35. The predicted molar refractivity (Wildman–Crippen MR) is 73.0 cm³/mol. The van der Waals surface area contributed by atoms with E-state index in [-0.39, 0.29) is 23.7 Å². The van der Waals surface area contributed by atoms with Crippen molar-refractivity contribution in [3.05, 3.63) is 22.6 Å². The molecule has 0 bridgehead atoms. The van der Waals surface area contributed by atoms with Gasteiger partial charge in [0.1, 0.15) is 0 Å². The van der Waals surface area contributed by atoms with Gasteiger partial charge in [-0.05, 0) is 34.8 Å². The second-order valence-corrected chi connectivity index (χ2v) is 5.97. The Morgan fingerprint density at radius 2 is 2.11 bits per heavy atom. The van der Waals surface area contributed by atoms with E-state index < -0.39 is 0 Å². The second-order valence-electron chi connectivity index (χ2n) is 5.06. The number of halogens is 2. The van der Waals surface area contributed by atoms with Crippen molar-refractivity contribution in [3.63, 3.8) is 0 Å². The Balaban J connectivity index is 2.01. The molecule has 2 N–H and O–H groups in total. The highest BCUT2D eigenvalue weighted by atomic mass is 79.9. The largest absolute Gasteiger partial charge is 0.396 e. The van der Waals surface area contributed by atoms with Gasteiger partial charge < -0.3 is 10.4 Å². The van der Waals surface area contributed by atoms with Crippen molar-refractivity contribution >= 4 is 21.7 Å². The van der Waals surface area contributed by atoms with Gasteiger partial charge in [-0.3, -0.25) is 0 Å². The third-order valence-electron chi connectivity index (χ3n) is 3.69. The lowest BCUT2D eigenvalue weighted by Gasteiger charge is -2.35. The van der Waals surface area contributed by atoms with Gasteiger partial charge in [0.15, 0.2) is 11.6 Å². The zero-order chi connectivity index (χ0) is 13.0. The molecule has 0 saturated heterocycles. The van der Waals surface area contributed by atoms with Crippen LogP contribution in [-0.2, 0) is 0 Å². The molecular formula is C13H18BrFN2O. The summed E-state index contributed by atoms with van der Waals surface area (Å²) in [6, 6.07) is 1.39. The Morgan fingerprint density at radius 1 is 1.39 bits per heavy atom. The average molecular weight is 317 g/mol. The van der Waals surface area contributed by atoms with Crippen LogP contribution in [0.3, 0.4) is 0 Å². The molecule has 18 heavy (non-hydrogen) atoms. The monoisotopic (exact) mass is 316 g/mol. The van der Waals surface area contributed by atoms with Crippen LogP contribution in [0.2, 0.25) is 0 Å². The predicted octanol–water partition coefficient (Wildman–Crippen LogP) is 3.34. The van der Waals surface area contributed by atoms with E-state index in [2.05, 4.69) is 26.2 Å². The number of hydrogen-bond acceptors (Lipinski definition) is 3. The molecule has 1 aliphatic rings. The minimum absolute atomic E-state index is 0.112. The maximum absolute atomic E-state index is 13.6. The lowest BCUT2D eigenvalue weighted by molar-refractivity contribution is 0.0942. The van der Waals surface area contributed by atoms with Gasteiger partial charge in [0.05, 0.1) is 6.61 Å². The highest BCUT2D eigenvalue weighted by Crippen LogP contribution is 2.36. The van der Waals surface area contributed by atoms with Crippen molar-refractivity contribution in [2.75, 3.05) is 18.5 Å². The minimum atomic E-state index is -0.367. The number of nitrogens with one attached hydrogen (secondary N) is 1. The van der Waals surface area contributed by atoms with Gasteiger partial charge in [-0.2, -0.15) is 0 Å². The smallest absolute Gasteiger partial charge is 0.166 e. The Hall–Kier alpha value is -0.680. The molecule has 5 heteroatoms. The molecule has 1 aromatic rings. The van der Waals surface area contributed by atoms with E-state index >= 15 is 0 Å². The summed E-state index contributed by atoms with van der Waals surface area (Å²) in [6.07, 6.45) is 7.06. The van der Waals surface area contributed by atoms with Crippen LogP contribution in [0.4, 0.5) is 10.2 Å². The number of aromatic nitrogens is 1. The molecule has 1 fully saturated rings. The molecular weight excluding hydrogens is 299 g/mol. The quantitative estimate of drug-likeness (QED) is 0.895. The summed E-state index contributed by atoms with van der Waals surface area (Å²) >= 11 is 3.18. The summed E-state index contributed by atoms with van der Waals surface area (Å²) in [4.78, 5) is 4.01. The van der Waals surface area contributed by atoms with Gasteiger partial charge in [-0.15, -0.1) is 0 Å². The maximum atomic E-state index is 13.6. The van der Waals surface area contributed by atoms with Crippen LogP contribution in [0, 0.1) is 11.2 Å². The molecule has 0 spiro atoms. The number of pyridine rings is 1. The van der Waals surface area contributed by atoms with Crippen molar-refractivity contribution in [2.45, 2.75) is 32.1 Å². The molecule has 0 unspecified atom stereocenters. The van der Waals surface area contributed by atoms with Crippen LogP contribution in [0.5, 0.6) is 0 Å². The molecule has 1 heterocycles. The number of anilines is 1. The molecule has 0 radical (unpaired) electrons. The van der Waals surface area contributed by atoms with Crippen LogP contribution in [0.1, 0.15) is 32.1 Å². The molecule has 0 aromatic carbocycles. The van der Waals surface area contributed by atoms with Crippen LogP contribution >= 0.6 is 15.9 Å². The van der Waals surface area contributed by atoms with E-state index in [1.165, 1.54) is 12.5 Å². The number of aliphatic hydroxyl groups excluding tert-OH is 1. The number of nitrogens with zero attached hydrogens (tertiary/aromatic N) is 1. The molecule has 1 aromatic heterocycles. The highest BCUT2D eigenvalue weighted by molar-refractivity contribution is 9.10. The summed E-state index contributed by atoms with van der Waals surface area (Å²) in [7, 11) is 0. The van der Waals surface area contributed by atoms with Gasteiger partial charge in [-0.1, -0.05) is 19.3 Å². The van der Waals surface area contributed by atoms with Crippen LogP contribution in [0.25, 0.3) is 0 Å². The fourth-order valence-corrected chi connectivity index (χ4v) is 2.81. The molecule has 1 saturated carbocycles. The van der Waals surface area contributed by atoms with Crippen LogP contribution in [0.15, 0.2) is 16.7 Å². The third kappa shape index (κ3) is 3.20. The van der Waals surface area contributed by atoms with Crippen LogP contribution < -0.4 is 5.32 Å². The SMILES string of the molecule is OCC1(CNc2ncc(Br)cc2F)CCCCC1. The minimum Gasteiger partial charge on any atom is -0.396 e. The van der Waals surface area contributed by atoms with Gasteiger partial charge in [0.2, 0.25) is 0 Å². The summed E-state index contributed by atoms with van der Waals surface area (Å²) in [5.41, 5.74) is -0.112. The van der Waals surface area contributed by atoms with Gasteiger partial charge in [-0.25, -0.2) is 9.37 Å². The van der Waals surface area contributed by atoms with Gasteiger partial charge >= 0.3 is 0 Å². The van der Waals surface area contributed by atoms with Crippen molar-refractivity contribution < 1.29 is 9.50 Å². The first-order chi connectivity index (χ1) is 8.65. The third-order valence-corrected chi connectivity index (χ3v) is 4.12. The van der Waals surface area contributed by atoms with E-state index in [0.717, 1.165) is 25.7 Å². The molecule has 2 rings (SSSR count). The van der Waals surface area contributed by atoms with Gasteiger partial charge in [0, 0.05) is 22.6 Å². The summed E-state index contributed by atoms with van der Waals surface area (Å²) in [5, 5.41) is 12.6. The molecule has 1 aliphatic carbocycles. The Bertz CT molecular complexity index is 408. The van der Waals surface area contributed by atoms with Crippen molar-refractivity contribution in [1.82, 2.24) is 4.98 Å². The molecule has 3 nitrogen and oxygen atoms in total. The average Bonchev–Trinajstić information content (AvgIpc) is 2.39. The number of hydrogen-bond donors (Lipinski definition) is 2. The standard InChI is InChI=1S/C13H18BrFN2O/c14-10-6-11(15)12(16-7-10)17-8-13(9-18)4-2-1-3-5-13/h6-7,18H,1-5,8-9H2,(H,16,17). The molecule has 0 aliphatic heterocycles. The Morgan fingerprint density at radius 3 is 2.72 bits per heavy atom. The fourth-order valence-electron chi connectivity index (χ4n) is 2.51. The maximum Gasteiger partial charge on any atom is 0.166 e. The normalized spacial score (nSPS) is 18.6. The van der Waals surface area contributed by atoms with E-state index in [9.17, 15) is 9.50 Å². The van der Waals surface area contributed by atoms with Gasteiger partial charge in [0.25, 0.3) is 0 Å². The highest BCUT2D eigenvalue weighted by Gasteiger charge is 2.31. The molecule has 100 valence electrons. The Labute approximate surface area is 115 Å². The topological polar surface area (TPSA) is 45.1 Å². The summed E-state index contributed by atoms with van der Waals surface area (Å²) in [6.45, 7) is 0.729. The first kappa shape index (κ1) is 13.7. The molecule has 0 atom stereocenters. The number of aliphatic hydroxyl groups is 1. The molecule has 0 amide bonds. The van der Waals surface area contributed by atoms with Crippen molar-refractivity contribution in [2.24, 2.45) is 5.41 Å². The first-order valence-corrected chi connectivity index (χ1v) is 7.10. The Kier molecular flexibility index (Phi) is 4.56. The lowest BCUT2D eigenvalue weighted by atomic mass is 9.74. The zero-order valence-corrected chi connectivity index (χ0v) is 11.8. The van der Waals surface area contributed by atoms with E-state index in [4.69, 9.17) is 0 Å². The number of rotatable bonds is 4. The van der Waals surface area contributed by atoms with Crippen molar-refractivity contribution in [1.29, 1.82) is 0 Å². The zero-order valence-electron chi connectivity index (χ0n) is 10.3. The van der Waals surface area contributed by atoms with E-state index in [1.807, 2.05) is 0 Å². The van der Waals surface area contributed by atoms with E-state index in [1.54, 1.807) is 6.20 Å². The van der Waals surface area contributed by atoms with E-state index in [0.29, 0.717) is 11.0 Å².